The third-order valence-electron chi connectivity index (χ3n) is 2.21. The number of rotatable bonds is 6. The van der Waals surface area contributed by atoms with E-state index in [0.29, 0.717) is 11.2 Å². The van der Waals surface area contributed by atoms with Crippen LogP contribution in [0.15, 0.2) is 0 Å². The first kappa shape index (κ1) is 12.3. The summed E-state index contributed by atoms with van der Waals surface area (Å²) < 4.78 is 0. The molecule has 0 aromatic heterocycles. The molecule has 0 saturated carbocycles. The van der Waals surface area contributed by atoms with E-state index in [9.17, 15) is 0 Å². The van der Waals surface area contributed by atoms with Crippen LogP contribution in [-0.2, 0) is 0 Å². The van der Waals surface area contributed by atoms with E-state index in [1.807, 2.05) is 6.92 Å². The number of hydrogen-bond donors (Lipinski definition) is 2. The fourth-order valence-electron chi connectivity index (χ4n) is 0.795. The van der Waals surface area contributed by atoms with Gasteiger partial charge in [0.1, 0.15) is 0 Å². The van der Waals surface area contributed by atoms with Crippen molar-refractivity contribution in [1.29, 1.82) is 0 Å². The molecule has 0 aromatic rings. The molecule has 0 aliphatic rings. The second-order valence-electron chi connectivity index (χ2n) is 3.38. The molecule has 12 heavy (non-hydrogen) atoms. The second kappa shape index (κ2) is 6.75. The van der Waals surface area contributed by atoms with E-state index < -0.39 is 0 Å². The van der Waals surface area contributed by atoms with E-state index in [2.05, 4.69) is 13.8 Å². The molecule has 3 unspecified atom stereocenters. The topological polar surface area (TPSA) is 46.2 Å². The molecule has 3 N–H and O–H groups in total. The van der Waals surface area contributed by atoms with E-state index in [4.69, 9.17) is 10.8 Å². The predicted molar refractivity (Wildman–Crippen MR) is 56.4 cm³/mol. The van der Waals surface area contributed by atoms with E-state index in [1.54, 1.807) is 11.8 Å². The summed E-state index contributed by atoms with van der Waals surface area (Å²) in [6, 6.07) is 0.272. The molecule has 0 aliphatic heterocycles. The highest BCUT2D eigenvalue weighted by molar-refractivity contribution is 7.99. The summed E-state index contributed by atoms with van der Waals surface area (Å²) in [7, 11) is 0. The third-order valence-corrected chi connectivity index (χ3v) is 3.50. The van der Waals surface area contributed by atoms with Gasteiger partial charge in [-0.15, -0.1) is 0 Å². The van der Waals surface area contributed by atoms with Gasteiger partial charge in [-0.3, -0.25) is 0 Å². The Hall–Kier alpha value is 0.270. The van der Waals surface area contributed by atoms with Gasteiger partial charge in [0.2, 0.25) is 0 Å². The van der Waals surface area contributed by atoms with Crippen LogP contribution in [-0.4, -0.2) is 28.8 Å². The van der Waals surface area contributed by atoms with Gasteiger partial charge < -0.3 is 10.8 Å². The van der Waals surface area contributed by atoms with E-state index in [0.717, 1.165) is 12.2 Å². The van der Waals surface area contributed by atoms with Crippen molar-refractivity contribution < 1.29 is 5.11 Å². The van der Waals surface area contributed by atoms with Crippen LogP contribution < -0.4 is 5.73 Å². The third kappa shape index (κ3) is 5.01. The lowest BCUT2D eigenvalue weighted by Crippen LogP contribution is -2.31. The zero-order chi connectivity index (χ0) is 9.56. The Balaban J connectivity index is 3.49. The highest BCUT2D eigenvalue weighted by Gasteiger charge is 2.11. The number of hydrogen-bond acceptors (Lipinski definition) is 3. The van der Waals surface area contributed by atoms with Crippen LogP contribution in [0.25, 0.3) is 0 Å². The Kier molecular flexibility index (Phi) is 6.90. The Labute approximate surface area is 79.9 Å². The molecular formula is C9H21NOS. The maximum Gasteiger partial charge on any atom is 0.0547 e. The van der Waals surface area contributed by atoms with Gasteiger partial charge in [-0.1, -0.05) is 27.2 Å². The molecular weight excluding hydrogens is 170 g/mol. The van der Waals surface area contributed by atoms with Crippen LogP contribution >= 0.6 is 11.8 Å². The Bertz CT molecular complexity index is 111. The number of nitrogens with two attached hydrogens (primary N) is 1. The normalized spacial score (nSPS) is 18.8. The van der Waals surface area contributed by atoms with Crippen molar-refractivity contribution in [2.24, 2.45) is 11.7 Å². The zero-order valence-electron chi connectivity index (χ0n) is 8.29. The van der Waals surface area contributed by atoms with Gasteiger partial charge >= 0.3 is 0 Å². The summed E-state index contributed by atoms with van der Waals surface area (Å²) in [5, 5.41) is 9.10. The van der Waals surface area contributed by atoms with Gasteiger partial charge in [-0.25, -0.2) is 0 Å². The summed E-state index contributed by atoms with van der Waals surface area (Å²) in [5.74, 6) is 1.54. The molecule has 0 bridgehead atoms. The van der Waals surface area contributed by atoms with Crippen molar-refractivity contribution in [1.82, 2.24) is 0 Å². The average Bonchev–Trinajstić information content (AvgIpc) is 2.11. The highest BCUT2D eigenvalue weighted by Crippen LogP contribution is 2.15. The first-order valence-electron chi connectivity index (χ1n) is 4.59. The second-order valence-corrected chi connectivity index (χ2v) is 4.85. The lowest BCUT2D eigenvalue weighted by Gasteiger charge is -2.19. The standard InChI is InChI=1S/C9H21NOS/c1-4-7(2)9(10)6-12-8(3)5-11/h7-9,11H,4-6,10H2,1-3H3. The molecule has 0 amide bonds. The van der Waals surface area contributed by atoms with Crippen molar-refractivity contribution in [3.05, 3.63) is 0 Å². The molecule has 0 heterocycles. The molecule has 0 fully saturated rings. The van der Waals surface area contributed by atoms with Gasteiger partial charge in [0.15, 0.2) is 0 Å². The van der Waals surface area contributed by atoms with Crippen molar-refractivity contribution in [3.8, 4) is 0 Å². The smallest absolute Gasteiger partial charge is 0.0547 e. The maximum atomic E-state index is 8.78. The van der Waals surface area contributed by atoms with E-state index in [1.165, 1.54) is 0 Å². The van der Waals surface area contributed by atoms with Crippen LogP contribution in [0.1, 0.15) is 27.2 Å². The molecule has 3 atom stereocenters. The van der Waals surface area contributed by atoms with Gasteiger partial charge in [0.25, 0.3) is 0 Å². The molecule has 0 saturated heterocycles. The minimum Gasteiger partial charge on any atom is -0.395 e. The zero-order valence-corrected chi connectivity index (χ0v) is 9.10. The summed E-state index contributed by atoms with van der Waals surface area (Å²) >= 11 is 1.75. The van der Waals surface area contributed by atoms with E-state index >= 15 is 0 Å². The molecule has 0 aromatic carbocycles. The summed E-state index contributed by atoms with van der Waals surface area (Å²) in [5.41, 5.74) is 5.93. The Morgan fingerprint density at radius 3 is 2.42 bits per heavy atom. The SMILES string of the molecule is CCC(C)C(N)CSC(C)CO. The van der Waals surface area contributed by atoms with Crippen molar-refractivity contribution >= 4 is 11.8 Å². The largest absolute Gasteiger partial charge is 0.395 e. The Morgan fingerprint density at radius 2 is 2.00 bits per heavy atom. The summed E-state index contributed by atoms with van der Waals surface area (Å²) in [6.45, 7) is 6.60. The van der Waals surface area contributed by atoms with Crippen LogP contribution in [0.2, 0.25) is 0 Å². The van der Waals surface area contributed by atoms with Crippen molar-refractivity contribution in [2.75, 3.05) is 12.4 Å². The molecule has 0 radical (unpaired) electrons. The predicted octanol–water partition coefficient (Wildman–Crippen LogP) is 1.47. The fourth-order valence-corrected chi connectivity index (χ4v) is 1.78. The highest BCUT2D eigenvalue weighted by atomic mass is 32.2. The van der Waals surface area contributed by atoms with Crippen molar-refractivity contribution in [3.63, 3.8) is 0 Å². The van der Waals surface area contributed by atoms with E-state index in [-0.39, 0.29) is 12.6 Å². The molecule has 74 valence electrons. The minimum absolute atomic E-state index is 0.248. The lowest BCUT2D eigenvalue weighted by molar-refractivity contribution is 0.300. The van der Waals surface area contributed by atoms with Crippen LogP contribution in [0, 0.1) is 5.92 Å². The summed E-state index contributed by atoms with van der Waals surface area (Å²) in [4.78, 5) is 0. The van der Waals surface area contributed by atoms with Gasteiger partial charge in [-0.2, -0.15) is 11.8 Å². The monoisotopic (exact) mass is 191 g/mol. The maximum absolute atomic E-state index is 8.78. The summed E-state index contributed by atoms with van der Waals surface area (Å²) in [6.07, 6.45) is 1.13. The number of thioether (sulfide) groups is 1. The van der Waals surface area contributed by atoms with Crippen LogP contribution in [0.4, 0.5) is 0 Å². The molecule has 0 rings (SSSR count). The lowest BCUT2D eigenvalue weighted by atomic mass is 10.0. The van der Waals surface area contributed by atoms with Gasteiger partial charge in [0, 0.05) is 17.0 Å². The Morgan fingerprint density at radius 1 is 1.42 bits per heavy atom. The van der Waals surface area contributed by atoms with Gasteiger partial charge in [0.05, 0.1) is 6.61 Å². The molecule has 3 heteroatoms. The minimum atomic E-state index is 0.248. The average molecular weight is 191 g/mol. The number of aliphatic hydroxyl groups is 1. The first-order chi connectivity index (χ1) is 5.61. The van der Waals surface area contributed by atoms with Crippen molar-refractivity contribution in [2.45, 2.75) is 38.5 Å². The molecule has 2 nitrogen and oxygen atoms in total. The fraction of sp³-hybridized carbons (Fsp3) is 1.00. The first-order valence-corrected chi connectivity index (χ1v) is 5.64. The quantitative estimate of drug-likeness (QED) is 0.668. The van der Waals surface area contributed by atoms with Gasteiger partial charge in [-0.05, 0) is 5.92 Å². The number of aliphatic hydroxyl groups excluding tert-OH is 1. The van der Waals surface area contributed by atoms with Crippen LogP contribution in [0.5, 0.6) is 0 Å². The molecule has 0 spiro atoms. The molecule has 0 aliphatic carbocycles. The van der Waals surface area contributed by atoms with Crippen LogP contribution in [0.3, 0.4) is 0 Å².